The first-order valence-corrected chi connectivity index (χ1v) is 2.94. The van der Waals surface area contributed by atoms with E-state index in [1.165, 1.54) is 6.69 Å². The van der Waals surface area contributed by atoms with Crippen LogP contribution in [-0.4, -0.2) is 41.1 Å². The first kappa shape index (κ1) is 8.92. The molecule has 0 aromatic heterocycles. The molecule has 0 aromatic rings. The van der Waals surface area contributed by atoms with Crippen molar-refractivity contribution in [2.24, 2.45) is 0 Å². The predicted octanol–water partition coefficient (Wildman–Crippen LogP) is -1.47. The quantitative estimate of drug-likeness (QED) is 0.406. The van der Waals surface area contributed by atoms with Crippen molar-refractivity contribution in [3.05, 3.63) is 0 Å². The summed E-state index contributed by atoms with van der Waals surface area (Å²) in [5.74, 6) is 0. The minimum atomic E-state index is 1.46. The molecular formula is B6IO. The van der Waals surface area contributed by atoms with Gasteiger partial charge < -0.3 is 0 Å². The van der Waals surface area contributed by atoms with Gasteiger partial charge in [0.1, 0.15) is 0 Å². The van der Waals surface area contributed by atoms with Crippen LogP contribution in [0.5, 0.6) is 0 Å². The Bertz CT molecular complexity index is 105. The van der Waals surface area contributed by atoms with Gasteiger partial charge >= 0.3 is 67.1 Å². The van der Waals surface area contributed by atoms with E-state index in [1.807, 2.05) is 0 Å². The summed E-state index contributed by atoms with van der Waals surface area (Å²) in [5, 5.41) is 0. The van der Waals surface area contributed by atoms with Crippen LogP contribution in [0.15, 0.2) is 0 Å². The average molecular weight is 208 g/mol. The maximum atomic E-state index is 5.02. The van der Waals surface area contributed by atoms with Crippen LogP contribution < -0.4 is 0 Å². The van der Waals surface area contributed by atoms with Gasteiger partial charge in [-0.15, -0.1) is 0 Å². The molecule has 0 saturated carbocycles. The Labute approximate surface area is 67.1 Å². The van der Waals surface area contributed by atoms with Gasteiger partial charge in [-0.1, -0.05) is 0 Å². The van der Waals surface area contributed by atoms with Crippen molar-refractivity contribution in [1.82, 2.24) is 0 Å². The number of hydrogen-bond acceptors (Lipinski definition) is 1. The molecule has 31 valence electrons. The van der Waals surface area contributed by atoms with E-state index in [0.29, 0.717) is 0 Å². The molecule has 8 heteroatoms. The molecular weight excluding hydrogens is 208 g/mol. The second kappa shape index (κ2) is 7.92. The molecule has 0 rings (SSSR count). The van der Waals surface area contributed by atoms with Gasteiger partial charge in [-0.25, -0.2) is 0 Å². The summed E-state index contributed by atoms with van der Waals surface area (Å²) in [6.45, 7) is 6.69. The number of rotatable bonds is 3. The summed E-state index contributed by atoms with van der Waals surface area (Å²) in [6, 6.07) is 0. The molecule has 8 heavy (non-hydrogen) atoms. The van der Waals surface area contributed by atoms with E-state index in [9.17, 15) is 0 Å². The van der Waals surface area contributed by atoms with Crippen molar-refractivity contribution >= 4 is 64.1 Å². The average Bonchev–Trinajstić information content (AvgIpc) is 1.81. The van der Waals surface area contributed by atoms with Gasteiger partial charge in [0.25, 0.3) is 0 Å². The van der Waals surface area contributed by atoms with Crippen molar-refractivity contribution in [3.63, 3.8) is 0 Å². The van der Waals surface area contributed by atoms with E-state index >= 15 is 0 Å². The zero-order chi connectivity index (χ0) is 6.24. The monoisotopic (exact) mass is 209 g/mol. The molecule has 0 fully saturated rings. The van der Waals surface area contributed by atoms with Gasteiger partial charge in [0.15, 0.2) is 0 Å². The van der Waals surface area contributed by atoms with E-state index in [0.717, 1.165) is 0 Å². The van der Waals surface area contributed by atoms with Crippen molar-refractivity contribution in [2.75, 3.05) is 0 Å². The van der Waals surface area contributed by atoms with Crippen LogP contribution in [0.2, 0.25) is 0 Å². The predicted molar refractivity (Wildman–Crippen MR) is 49.6 cm³/mol. The van der Waals surface area contributed by atoms with E-state index < -0.39 is 0 Å². The third-order valence-electron chi connectivity index (χ3n) is 0.463. The Morgan fingerprint density at radius 2 is 2.00 bits per heavy atom. The van der Waals surface area contributed by atoms with E-state index in [4.69, 9.17) is 7.37 Å². The first-order valence-electron chi connectivity index (χ1n) is 2.06. The van der Waals surface area contributed by atoms with Gasteiger partial charge in [0, 0.05) is 0 Å². The Balaban J connectivity index is 3.26. The third kappa shape index (κ3) is 6.92. The molecule has 0 atom stereocenters. The van der Waals surface area contributed by atoms with Crippen molar-refractivity contribution in [3.8, 4) is 0 Å². The molecule has 0 aliphatic heterocycles. The van der Waals surface area contributed by atoms with Crippen LogP contribution in [-0.2, 0) is 2.98 Å². The van der Waals surface area contributed by atoms with Crippen LogP contribution in [0.4, 0.5) is 0 Å². The van der Waals surface area contributed by atoms with E-state index in [2.05, 4.69) is 2.98 Å². The molecule has 0 aliphatic carbocycles. The van der Waals surface area contributed by atoms with Crippen LogP contribution in [0.25, 0.3) is 0 Å². The molecule has 1 nitrogen and oxygen atoms in total. The summed E-state index contributed by atoms with van der Waals surface area (Å²) < 4.78 is 4.57. The molecule has 0 saturated heterocycles. The molecule has 0 bridgehead atoms. The number of halogens is 1. The molecule has 0 N–H and O–H groups in total. The summed E-state index contributed by atoms with van der Waals surface area (Å²) in [7, 11) is 6.58. The fourth-order valence-electron chi connectivity index (χ4n) is 0.203. The van der Waals surface area contributed by atoms with Crippen LogP contribution in [0.3, 0.4) is 0 Å². The summed E-state index contributed by atoms with van der Waals surface area (Å²) >= 11 is 1.78. The molecule has 1 radical (unpaired) electrons. The normalized spacial score (nSPS) is 6.00. The Morgan fingerprint density at radius 3 is 2.50 bits per heavy atom. The standard InChI is InChI=1S/B6IO/c1-2-3-4-5-6-8-7. The van der Waals surface area contributed by atoms with Gasteiger partial charge in [0.05, 0.1) is 0 Å². The SMILES string of the molecule is [B]=BB=BB=BOI. The van der Waals surface area contributed by atoms with Gasteiger partial charge in [-0.3, -0.25) is 0 Å². The summed E-state index contributed by atoms with van der Waals surface area (Å²) in [5.41, 5.74) is 0. The van der Waals surface area contributed by atoms with Gasteiger partial charge in [-0.2, -0.15) is 0 Å². The fraction of sp³-hybridized carbons (Fsp3) is 0. The van der Waals surface area contributed by atoms with Crippen LogP contribution in [0, 0.1) is 0 Å². The summed E-state index contributed by atoms with van der Waals surface area (Å²) in [4.78, 5) is 0. The Kier molecular flexibility index (Phi) is 8.83. The molecule has 0 unspecified atom stereocenters. The number of hydrogen-bond donors (Lipinski definition) is 0. The topological polar surface area (TPSA) is 9.23 Å². The van der Waals surface area contributed by atoms with Gasteiger partial charge in [-0.05, 0) is 0 Å². The van der Waals surface area contributed by atoms with E-state index in [-0.39, 0.29) is 0 Å². The van der Waals surface area contributed by atoms with Crippen molar-refractivity contribution in [2.45, 2.75) is 0 Å². The first-order chi connectivity index (χ1) is 3.91. The van der Waals surface area contributed by atoms with Crippen molar-refractivity contribution < 1.29 is 2.98 Å². The second-order valence-corrected chi connectivity index (χ2v) is 1.50. The zero-order valence-electron chi connectivity index (χ0n) is 4.25. The zero-order valence-corrected chi connectivity index (χ0v) is 6.41. The Morgan fingerprint density at radius 1 is 1.25 bits per heavy atom. The molecule has 0 aromatic carbocycles. The minimum absolute atomic E-state index is 1.46. The second-order valence-electron chi connectivity index (χ2n) is 0.995. The van der Waals surface area contributed by atoms with Gasteiger partial charge in [0.2, 0.25) is 0 Å². The van der Waals surface area contributed by atoms with Crippen LogP contribution in [0.1, 0.15) is 0 Å². The van der Waals surface area contributed by atoms with Crippen molar-refractivity contribution in [1.29, 1.82) is 0 Å². The molecule has 0 amide bonds. The van der Waals surface area contributed by atoms with E-state index in [1.54, 1.807) is 50.1 Å². The molecule has 0 spiro atoms. The summed E-state index contributed by atoms with van der Waals surface area (Å²) in [6.07, 6.45) is 0. The maximum absolute atomic E-state index is 5.02. The Hall–Kier alpha value is 0.920. The van der Waals surface area contributed by atoms with Crippen LogP contribution >= 0.6 is 23.0 Å². The molecule has 0 heterocycles. The third-order valence-corrected chi connectivity index (χ3v) is 0.757. The molecule has 0 aliphatic rings. The fourth-order valence-corrected chi connectivity index (χ4v) is 0.373.